The lowest BCUT2D eigenvalue weighted by Gasteiger charge is -2.21. The minimum Gasteiger partial charge on any atom is -0.371 e. The molecule has 2 rings (SSSR count). The molecule has 0 aliphatic rings. The summed E-state index contributed by atoms with van der Waals surface area (Å²) < 4.78 is 28.0. The van der Waals surface area contributed by atoms with E-state index in [1.54, 1.807) is 58.3 Å². The van der Waals surface area contributed by atoms with Crippen LogP contribution in [0.4, 0.5) is 5.82 Å². The summed E-state index contributed by atoms with van der Waals surface area (Å²) in [5, 5.41) is 2.93. The third kappa shape index (κ3) is 3.61. The monoisotopic (exact) mass is 320 g/mol. The van der Waals surface area contributed by atoms with Crippen molar-refractivity contribution in [3.8, 4) is 11.3 Å². The van der Waals surface area contributed by atoms with Crippen molar-refractivity contribution in [1.29, 1.82) is 0 Å². The van der Waals surface area contributed by atoms with Crippen LogP contribution in [0.1, 0.15) is 20.8 Å². The third-order valence-electron chi connectivity index (χ3n) is 2.81. The van der Waals surface area contributed by atoms with Crippen LogP contribution in [0.25, 0.3) is 11.3 Å². The van der Waals surface area contributed by atoms with Gasteiger partial charge in [0.25, 0.3) is 0 Å². The third-order valence-corrected chi connectivity index (χ3v) is 4.62. The minimum absolute atomic E-state index is 0.182. The van der Waals surface area contributed by atoms with E-state index in [-0.39, 0.29) is 4.90 Å². The predicted molar refractivity (Wildman–Crippen MR) is 87.1 cm³/mol. The quantitative estimate of drug-likeness (QED) is 0.903. The van der Waals surface area contributed by atoms with Crippen molar-refractivity contribution in [2.45, 2.75) is 31.2 Å². The summed E-state index contributed by atoms with van der Waals surface area (Å²) in [6.07, 6.45) is 3.09. The molecule has 0 bridgehead atoms. The molecule has 0 atom stereocenters. The fraction of sp³-hybridized carbons (Fsp3) is 0.333. The Bertz CT molecular complexity index is 767. The average molecular weight is 320 g/mol. The summed E-state index contributed by atoms with van der Waals surface area (Å²) in [4.78, 5) is 8.64. The molecular weight excluding hydrogens is 300 g/mol. The van der Waals surface area contributed by atoms with Crippen LogP contribution in [0.2, 0.25) is 0 Å². The highest BCUT2D eigenvalue weighted by atomic mass is 32.2. The molecule has 2 N–H and O–H groups in total. The molecule has 0 spiro atoms. The number of anilines is 1. The first kappa shape index (κ1) is 16.4. The Hall–Kier alpha value is -1.99. The zero-order chi connectivity index (χ0) is 16.4. The second-order valence-electron chi connectivity index (χ2n) is 5.86. The van der Waals surface area contributed by atoms with E-state index in [4.69, 9.17) is 0 Å². The number of benzene rings is 1. The van der Waals surface area contributed by atoms with Gasteiger partial charge in [0.1, 0.15) is 5.69 Å². The highest BCUT2D eigenvalue weighted by Gasteiger charge is 2.25. The summed E-state index contributed by atoms with van der Waals surface area (Å²) in [7, 11) is -1.95. The van der Waals surface area contributed by atoms with Crippen LogP contribution >= 0.6 is 0 Å². The van der Waals surface area contributed by atoms with Crippen LogP contribution in [-0.2, 0) is 10.0 Å². The lowest BCUT2D eigenvalue weighted by molar-refractivity contribution is 0.491. The molecule has 0 aliphatic heterocycles. The maximum atomic E-state index is 12.7. The van der Waals surface area contributed by atoms with Crippen LogP contribution in [0.5, 0.6) is 0 Å². The van der Waals surface area contributed by atoms with Crippen molar-refractivity contribution in [3.63, 3.8) is 0 Å². The molecule has 0 aliphatic carbocycles. The van der Waals surface area contributed by atoms with Gasteiger partial charge >= 0.3 is 0 Å². The highest BCUT2D eigenvalue weighted by Crippen LogP contribution is 2.30. The summed E-state index contributed by atoms with van der Waals surface area (Å²) >= 11 is 0. The van der Waals surface area contributed by atoms with Crippen molar-refractivity contribution in [1.82, 2.24) is 14.7 Å². The van der Waals surface area contributed by atoms with Crippen molar-refractivity contribution < 1.29 is 8.42 Å². The molecule has 0 fully saturated rings. The van der Waals surface area contributed by atoms with Crippen LogP contribution in [0.3, 0.4) is 0 Å². The normalized spacial score (nSPS) is 12.2. The summed E-state index contributed by atoms with van der Waals surface area (Å²) in [5.41, 5.74) is 0.441. The molecule has 22 heavy (non-hydrogen) atoms. The Morgan fingerprint density at radius 3 is 2.32 bits per heavy atom. The number of nitrogens with one attached hydrogen (secondary N) is 2. The van der Waals surface area contributed by atoms with Crippen molar-refractivity contribution in [2.75, 3.05) is 12.4 Å². The van der Waals surface area contributed by atoms with Gasteiger partial charge in [0.2, 0.25) is 10.0 Å². The lowest BCUT2D eigenvalue weighted by atomic mass is 10.1. The van der Waals surface area contributed by atoms with E-state index < -0.39 is 15.6 Å². The SMILES string of the molecule is CNc1nccnc1-c1ccccc1S(=O)(=O)NC(C)(C)C. The lowest BCUT2D eigenvalue weighted by Crippen LogP contribution is -2.40. The number of aromatic nitrogens is 2. The largest absolute Gasteiger partial charge is 0.371 e. The fourth-order valence-electron chi connectivity index (χ4n) is 2.07. The van der Waals surface area contributed by atoms with Gasteiger partial charge in [-0.25, -0.2) is 18.1 Å². The number of hydrogen-bond donors (Lipinski definition) is 2. The number of sulfonamides is 1. The second-order valence-corrected chi connectivity index (χ2v) is 7.51. The molecule has 0 radical (unpaired) electrons. The smallest absolute Gasteiger partial charge is 0.241 e. The first-order valence-corrected chi connectivity index (χ1v) is 8.35. The summed E-state index contributed by atoms with van der Waals surface area (Å²) in [6, 6.07) is 6.76. The van der Waals surface area contributed by atoms with Crippen LogP contribution in [-0.4, -0.2) is 31.0 Å². The van der Waals surface area contributed by atoms with Gasteiger partial charge in [0.05, 0.1) is 4.90 Å². The predicted octanol–water partition coefficient (Wildman–Crippen LogP) is 2.26. The van der Waals surface area contributed by atoms with Gasteiger partial charge in [-0.3, -0.25) is 4.98 Å². The Labute approximate surface area is 131 Å². The Morgan fingerprint density at radius 2 is 1.68 bits per heavy atom. The first-order chi connectivity index (χ1) is 10.2. The molecule has 2 aromatic rings. The first-order valence-electron chi connectivity index (χ1n) is 6.87. The van der Waals surface area contributed by atoms with E-state index in [0.717, 1.165) is 0 Å². The molecule has 118 valence electrons. The number of nitrogens with zero attached hydrogens (tertiary/aromatic N) is 2. The topological polar surface area (TPSA) is 84.0 Å². The number of hydrogen-bond acceptors (Lipinski definition) is 5. The Kier molecular flexibility index (Phi) is 4.48. The summed E-state index contributed by atoms with van der Waals surface area (Å²) in [5.74, 6) is 0.529. The fourth-order valence-corrected chi connectivity index (χ4v) is 3.70. The molecule has 0 saturated heterocycles. The molecule has 1 aromatic heterocycles. The molecule has 7 heteroatoms. The number of rotatable bonds is 4. The Morgan fingerprint density at radius 1 is 1.05 bits per heavy atom. The van der Waals surface area contributed by atoms with E-state index in [1.807, 2.05) is 0 Å². The van der Waals surface area contributed by atoms with E-state index in [9.17, 15) is 8.42 Å². The Balaban J connectivity index is 2.62. The average Bonchev–Trinajstić information content (AvgIpc) is 2.45. The van der Waals surface area contributed by atoms with E-state index in [2.05, 4.69) is 20.0 Å². The van der Waals surface area contributed by atoms with Gasteiger partial charge in [-0.05, 0) is 26.8 Å². The highest BCUT2D eigenvalue weighted by molar-refractivity contribution is 7.89. The van der Waals surface area contributed by atoms with Gasteiger partial charge in [0, 0.05) is 30.5 Å². The van der Waals surface area contributed by atoms with Gasteiger partial charge in [-0.1, -0.05) is 18.2 Å². The van der Waals surface area contributed by atoms with Crippen molar-refractivity contribution in [3.05, 3.63) is 36.7 Å². The van der Waals surface area contributed by atoms with E-state index in [0.29, 0.717) is 17.1 Å². The maximum absolute atomic E-state index is 12.7. The zero-order valence-electron chi connectivity index (χ0n) is 13.1. The van der Waals surface area contributed by atoms with E-state index in [1.165, 1.54) is 6.20 Å². The van der Waals surface area contributed by atoms with Gasteiger partial charge in [-0.2, -0.15) is 0 Å². The maximum Gasteiger partial charge on any atom is 0.241 e. The van der Waals surface area contributed by atoms with Crippen LogP contribution in [0, 0.1) is 0 Å². The van der Waals surface area contributed by atoms with Crippen molar-refractivity contribution >= 4 is 15.8 Å². The van der Waals surface area contributed by atoms with Crippen molar-refractivity contribution in [2.24, 2.45) is 0 Å². The summed E-state index contributed by atoms with van der Waals surface area (Å²) in [6.45, 7) is 5.40. The molecule has 1 aromatic carbocycles. The zero-order valence-corrected chi connectivity index (χ0v) is 13.9. The van der Waals surface area contributed by atoms with E-state index >= 15 is 0 Å². The van der Waals surface area contributed by atoms with Gasteiger partial charge in [0.15, 0.2) is 5.82 Å². The van der Waals surface area contributed by atoms with Crippen LogP contribution < -0.4 is 10.0 Å². The standard InChI is InChI=1S/C15H20N4O2S/c1-15(2,3)19-22(20,21)12-8-6-5-7-11(12)13-14(16-4)18-10-9-17-13/h5-10,19H,1-4H3,(H,16,18). The molecule has 6 nitrogen and oxygen atoms in total. The minimum atomic E-state index is -3.67. The molecule has 0 amide bonds. The molecule has 0 unspecified atom stereocenters. The second kappa shape index (κ2) is 6.02. The molecule has 0 saturated carbocycles. The van der Waals surface area contributed by atoms with Crippen LogP contribution in [0.15, 0.2) is 41.6 Å². The van der Waals surface area contributed by atoms with Gasteiger partial charge < -0.3 is 5.32 Å². The molecular formula is C15H20N4O2S. The molecule has 1 heterocycles. The van der Waals surface area contributed by atoms with Gasteiger partial charge in [-0.15, -0.1) is 0 Å².